The van der Waals surface area contributed by atoms with Crippen molar-refractivity contribution in [2.75, 3.05) is 24.9 Å². The van der Waals surface area contributed by atoms with Crippen LogP contribution in [0.1, 0.15) is 20.8 Å². The van der Waals surface area contributed by atoms with E-state index in [9.17, 15) is 9.59 Å². The molecule has 0 spiro atoms. The van der Waals surface area contributed by atoms with Crippen molar-refractivity contribution in [2.45, 2.75) is 0 Å². The summed E-state index contributed by atoms with van der Waals surface area (Å²) < 4.78 is 10.4. The zero-order valence-electron chi connectivity index (χ0n) is 15.0. The molecular weight excluding hydrogens is 402 g/mol. The molecule has 0 unspecified atom stereocenters. The normalized spacial score (nSPS) is 10.2. The Morgan fingerprint density at radius 3 is 2.36 bits per heavy atom. The van der Waals surface area contributed by atoms with Crippen molar-refractivity contribution < 1.29 is 19.1 Å². The van der Waals surface area contributed by atoms with Gasteiger partial charge in [-0.2, -0.15) is 0 Å². The summed E-state index contributed by atoms with van der Waals surface area (Å²) in [7, 11) is 3.05. The van der Waals surface area contributed by atoms with Gasteiger partial charge in [0.2, 0.25) is 0 Å². The second-order valence-corrected chi connectivity index (χ2v) is 6.82. The number of benzene rings is 2. The molecule has 2 aromatic carbocycles. The number of amides is 2. The highest BCUT2D eigenvalue weighted by molar-refractivity contribution is 7.14. The number of halogens is 1. The van der Waals surface area contributed by atoms with E-state index in [0.29, 0.717) is 32.9 Å². The average molecular weight is 418 g/mol. The van der Waals surface area contributed by atoms with Crippen LogP contribution in [0.15, 0.2) is 47.8 Å². The standard InChI is InChI=1S/C19H16ClN3O4S/c1-26-15-8-7-13(9-16(15)27-2)21-18(25)14-10-28-19(22-14)23-17(24)11-3-5-12(20)6-4-11/h3-10H,1-2H3,(H,21,25)(H,22,23,24). The number of thiazole rings is 1. The Balaban J connectivity index is 1.67. The van der Waals surface area contributed by atoms with Crippen molar-refractivity contribution in [3.05, 3.63) is 64.1 Å². The Kier molecular flexibility index (Phi) is 6.13. The summed E-state index contributed by atoms with van der Waals surface area (Å²) >= 11 is 6.97. The molecule has 0 radical (unpaired) electrons. The minimum atomic E-state index is -0.407. The molecule has 144 valence electrons. The van der Waals surface area contributed by atoms with Crippen molar-refractivity contribution in [1.82, 2.24) is 4.98 Å². The Bertz CT molecular complexity index is 1000. The maximum absolute atomic E-state index is 12.4. The molecule has 2 amide bonds. The van der Waals surface area contributed by atoms with Gasteiger partial charge in [0.05, 0.1) is 14.2 Å². The van der Waals surface area contributed by atoms with Crippen LogP contribution in [0.4, 0.5) is 10.8 Å². The van der Waals surface area contributed by atoms with Crippen LogP contribution >= 0.6 is 22.9 Å². The number of carbonyl (C=O) groups is 2. The molecular formula is C19H16ClN3O4S. The summed E-state index contributed by atoms with van der Waals surface area (Å²) in [6, 6.07) is 11.5. The van der Waals surface area contributed by atoms with Gasteiger partial charge in [0.25, 0.3) is 11.8 Å². The van der Waals surface area contributed by atoms with Crippen LogP contribution in [-0.4, -0.2) is 31.0 Å². The number of nitrogens with zero attached hydrogens (tertiary/aromatic N) is 1. The lowest BCUT2D eigenvalue weighted by atomic mass is 10.2. The number of ether oxygens (including phenoxy) is 2. The number of rotatable bonds is 6. The number of carbonyl (C=O) groups excluding carboxylic acids is 2. The molecule has 7 nitrogen and oxygen atoms in total. The molecule has 1 heterocycles. The van der Waals surface area contributed by atoms with E-state index in [0.717, 1.165) is 11.3 Å². The third-order valence-electron chi connectivity index (χ3n) is 3.71. The Morgan fingerprint density at radius 1 is 0.964 bits per heavy atom. The molecule has 2 N–H and O–H groups in total. The zero-order valence-corrected chi connectivity index (χ0v) is 16.6. The maximum Gasteiger partial charge on any atom is 0.275 e. The van der Waals surface area contributed by atoms with Crippen molar-refractivity contribution in [2.24, 2.45) is 0 Å². The molecule has 0 fully saturated rings. The van der Waals surface area contributed by atoms with Crippen molar-refractivity contribution in [1.29, 1.82) is 0 Å². The lowest BCUT2D eigenvalue weighted by Gasteiger charge is -2.10. The minimum absolute atomic E-state index is 0.186. The molecule has 0 aliphatic rings. The second-order valence-electron chi connectivity index (χ2n) is 5.52. The van der Waals surface area contributed by atoms with Crippen LogP contribution in [0.5, 0.6) is 11.5 Å². The van der Waals surface area contributed by atoms with Gasteiger partial charge >= 0.3 is 0 Å². The number of aromatic nitrogens is 1. The number of hydrogen-bond donors (Lipinski definition) is 2. The second kappa shape index (κ2) is 8.73. The van der Waals surface area contributed by atoms with E-state index in [1.165, 1.54) is 14.2 Å². The molecule has 1 aromatic heterocycles. The largest absolute Gasteiger partial charge is 0.493 e. The number of methoxy groups -OCH3 is 2. The highest BCUT2D eigenvalue weighted by Gasteiger charge is 2.14. The van der Waals surface area contributed by atoms with Crippen LogP contribution in [0, 0.1) is 0 Å². The van der Waals surface area contributed by atoms with E-state index in [4.69, 9.17) is 21.1 Å². The molecule has 0 bridgehead atoms. The molecule has 3 rings (SSSR count). The lowest BCUT2D eigenvalue weighted by molar-refractivity contribution is 0.101. The van der Waals surface area contributed by atoms with Gasteiger partial charge in [-0.05, 0) is 36.4 Å². The third-order valence-corrected chi connectivity index (χ3v) is 4.71. The fourth-order valence-corrected chi connectivity index (χ4v) is 3.13. The van der Waals surface area contributed by atoms with Crippen molar-refractivity contribution >= 4 is 45.6 Å². The van der Waals surface area contributed by atoms with E-state index < -0.39 is 5.91 Å². The van der Waals surface area contributed by atoms with Crippen LogP contribution < -0.4 is 20.1 Å². The van der Waals surface area contributed by atoms with Crippen molar-refractivity contribution in [3.63, 3.8) is 0 Å². The number of hydrogen-bond acceptors (Lipinski definition) is 6. The third kappa shape index (κ3) is 4.59. The highest BCUT2D eigenvalue weighted by atomic mass is 35.5. The first kappa shape index (κ1) is 19.7. The Hall–Kier alpha value is -3.10. The molecule has 0 atom stereocenters. The Labute approximate surface area is 170 Å². The Morgan fingerprint density at radius 2 is 1.68 bits per heavy atom. The average Bonchev–Trinajstić information content (AvgIpc) is 3.17. The fourth-order valence-electron chi connectivity index (χ4n) is 2.32. The molecule has 28 heavy (non-hydrogen) atoms. The maximum atomic E-state index is 12.4. The molecule has 0 aliphatic heterocycles. The molecule has 0 aliphatic carbocycles. The number of anilines is 2. The quantitative estimate of drug-likeness (QED) is 0.623. The van der Waals surface area contributed by atoms with E-state index in [1.807, 2.05) is 0 Å². The summed E-state index contributed by atoms with van der Waals surface area (Å²) in [6.45, 7) is 0. The van der Waals surface area contributed by atoms with Gasteiger partial charge in [0.1, 0.15) is 5.69 Å². The van der Waals surface area contributed by atoms with Crippen LogP contribution in [0.2, 0.25) is 5.02 Å². The topological polar surface area (TPSA) is 89.6 Å². The van der Waals surface area contributed by atoms with E-state index in [-0.39, 0.29) is 11.6 Å². The van der Waals surface area contributed by atoms with Gasteiger partial charge < -0.3 is 14.8 Å². The zero-order chi connectivity index (χ0) is 20.1. The van der Waals surface area contributed by atoms with E-state index in [2.05, 4.69) is 15.6 Å². The summed E-state index contributed by atoms with van der Waals surface area (Å²) in [5, 5.41) is 7.81. The highest BCUT2D eigenvalue weighted by Crippen LogP contribution is 2.30. The summed E-state index contributed by atoms with van der Waals surface area (Å²) in [6.07, 6.45) is 0. The molecule has 0 saturated heterocycles. The first-order valence-electron chi connectivity index (χ1n) is 8.06. The molecule has 0 saturated carbocycles. The van der Waals surface area contributed by atoms with Crippen LogP contribution in [-0.2, 0) is 0 Å². The van der Waals surface area contributed by atoms with Gasteiger partial charge in [0.15, 0.2) is 16.6 Å². The summed E-state index contributed by atoms with van der Waals surface area (Å²) in [5.41, 5.74) is 1.16. The number of nitrogens with one attached hydrogen (secondary N) is 2. The summed E-state index contributed by atoms with van der Waals surface area (Å²) in [5.74, 6) is 0.309. The smallest absolute Gasteiger partial charge is 0.275 e. The summed E-state index contributed by atoms with van der Waals surface area (Å²) in [4.78, 5) is 28.8. The van der Waals surface area contributed by atoms with Gasteiger partial charge in [-0.15, -0.1) is 11.3 Å². The predicted octanol–water partition coefficient (Wildman–Crippen LogP) is 4.32. The van der Waals surface area contributed by atoms with Gasteiger partial charge in [-0.25, -0.2) is 4.98 Å². The van der Waals surface area contributed by atoms with Gasteiger partial charge in [-0.3, -0.25) is 14.9 Å². The predicted molar refractivity (Wildman–Crippen MR) is 109 cm³/mol. The van der Waals surface area contributed by atoms with Crippen molar-refractivity contribution in [3.8, 4) is 11.5 Å². The molecule has 9 heteroatoms. The first-order chi connectivity index (χ1) is 13.5. The van der Waals surface area contributed by atoms with Gasteiger partial charge in [0, 0.05) is 27.7 Å². The van der Waals surface area contributed by atoms with Crippen LogP contribution in [0.3, 0.4) is 0 Å². The van der Waals surface area contributed by atoms with Crippen LogP contribution in [0.25, 0.3) is 0 Å². The van der Waals surface area contributed by atoms with Gasteiger partial charge in [-0.1, -0.05) is 11.6 Å². The first-order valence-corrected chi connectivity index (χ1v) is 9.31. The fraction of sp³-hybridized carbons (Fsp3) is 0.105. The van der Waals surface area contributed by atoms with E-state index >= 15 is 0 Å². The lowest BCUT2D eigenvalue weighted by Crippen LogP contribution is -2.14. The molecule has 3 aromatic rings. The SMILES string of the molecule is COc1ccc(NC(=O)c2csc(NC(=O)c3ccc(Cl)cc3)n2)cc1OC. The minimum Gasteiger partial charge on any atom is -0.493 e. The van der Waals surface area contributed by atoms with E-state index in [1.54, 1.807) is 47.8 Å². The monoisotopic (exact) mass is 417 g/mol.